The minimum atomic E-state index is -0.692. The number of halogens is 1. The molecule has 2 rings (SSSR count). The second kappa shape index (κ2) is 4.21. The Kier molecular flexibility index (Phi) is 3.06. The fraction of sp³-hybridized carbons (Fsp3) is 0.462. The molecule has 0 amide bonds. The van der Waals surface area contributed by atoms with Gasteiger partial charge in [0.15, 0.2) is 0 Å². The first-order chi connectivity index (χ1) is 7.56. The predicted molar refractivity (Wildman–Crippen MR) is 66.5 cm³/mol. The Labute approximate surface area is 104 Å². The van der Waals surface area contributed by atoms with Crippen LogP contribution in [0.4, 0.5) is 0 Å². The highest BCUT2D eigenvalue weighted by atomic mass is 79.9. The molecule has 1 unspecified atom stereocenters. The van der Waals surface area contributed by atoms with E-state index >= 15 is 0 Å². The van der Waals surface area contributed by atoms with Gasteiger partial charge in [-0.05, 0) is 30.5 Å². The van der Waals surface area contributed by atoms with Crippen LogP contribution >= 0.6 is 15.9 Å². The summed E-state index contributed by atoms with van der Waals surface area (Å²) in [4.78, 5) is 11.2. The summed E-state index contributed by atoms with van der Waals surface area (Å²) in [5.74, 6) is -0.995. The van der Waals surface area contributed by atoms with E-state index in [0.29, 0.717) is 0 Å². The maximum absolute atomic E-state index is 11.2. The van der Waals surface area contributed by atoms with Gasteiger partial charge in [0.1, 0.15) is 0 Å². The van der Waals surface area contributed by atoms with Crippen LogP contribution in [0.15, 0.2) is 28.7 Å². The third-order valence-electron chi connectivity index (χ3n) is 3.86. The molecule has 0 aliphatic heterocycles. The Balaban J connectivity index is 2.34. The maximum Gasteiger partial charge on any atom is 0.307 e. The van der Waals surface area contributed by atoms with Crippen LogP contribution in [-0.2, 0) is 10.2 Å². The van der Waals surface area contributed by atoms with Crippen molar-refractivity contribution in [1.29, 1.82) is 0 Å². The summed E-state index contributed by atoms with van der Waals surface area (Å²) in [6.45, 7) is 1.82. The third-order valence-corrected chi connectivity index (χ3v) is 4.39. The van der Waals surface area contributed by atoms with Gasteiger partial charge in [0.25, 0.3) is 0 Å². The minimum absolute atomic E-state index is 0.132. The molecule has 0 bridgehead atoms. The average Bonchev–Trinajstić information content (AvgIpc) is 2.19. The molecule has 2 nitrogen and oxygen atoms in total. The molecule has 16 heavy (non-hydrogen) atoms. The Bertz CT molecular complexity index is 393. The summed E-state index contributed by atoms with van der Waals surface area (Å²) < 4.78 is 1.04. The van der Waals surface area contributed by atoms with Crippen LogP contribution in [0, 0.1) is 5.92 Å². The highest BCUT2D eigenvalue weighted by Crippen LogP contribution is 2.49. The van der Waals surface area contributed by atoms with Crippen LogP contribution in [0.5, 0.6) is 0 Å². The fourth-order valence-corrected chi connectivity index (χ4v) is 2.81. The zero-order chi connectivity index (χ0) is 11.8. The molecule has 1 saturated carbocycles. The van der Waals surface area contributed by atoms with Crippen molar-refractivity contribution in [2.75, 3.05) is 0 Å². The molecule has 1 aliphatic carbocycles. The van der Waals surface area contributed by atoms with Crippen molar-refractivity contribution in [2.45, 2.75) is 31.6 Å². The highest BCUT2D eigenvalue weighted by Gasteiger charge is 2.46. The number of hydrogen-bond donors (Lipinski definition) is 1. The largest absolute Gasteiger partial charge is 0.481 e. The highest BCUT2D eigenvalue weighted by molar-refractivity contribution is 9.10. The zero-order valence-corrected chi connectivity index (χ0v) is 10.8. The molecule has 1 fully saturated rings. The van der Waals surface area contributed by atoms with Crippen LogP contribution < -0.4 is 0 Å². The van der Waals surface area contributed by atoms with E-state index < -0.39 is 5.97 Å². The molecule has 0 aromatic heterocycles. The molecule has 3 heteroatoms. The second-order valence-electron chi connectivity index (χ2n) is 4.58. The number of carbonyl (C=O) groups is 1. The summed E-state index contributed by atoms with van der Waals surface area (Å²) in [6, 6.07) is 8.07. The lowest BCUT2D eigenvalue weighted by Crippen LogP contribution is -2.44. The van der Waals surface area contributed by atoms with Gasteiger partial charge in [-0.15, -0.1) is 0 Å². The van der Waals surface area contributed by atoms with E-state index in [0.717, 1.165) is 29.3 Å². The van der Waals surface area contributed by atoms with Gasteiger partial charge in [-0.3, -0.25) is 4.79 Å². The molecule has 1 N–H and O–H groups in total. The topological polar surface area (TPSA) is 37.3 Å². The summed E-state index contributed by atoms with van der Waals surface area (Å²) in [5.41, 5.74) is 1.03. The van der Waals surface area contributed by atoms with E-state index in [4.69, 9.17) is 0 Å². The smallest absolute Gasteiger partial charge is 0.307 e. The summed E-state index contributed by atoms with van der Waals surface area (Å²) in [5, 5.41) is 9.19. The zero-order valence-electron chi connectivity index (χ0n) is 9.24. The van der Waals surface area contributed by atoms with E-state index in [1.54, 1.807) is 0 Å². The lowest BCUT2D eigenvalue weighted by atomic mass is 9.58. The number of carboxylic acids is 1. The van der Waals surface area contributed by atoms with Crippen LogP contribution in [0.2, 0.25) is 0 Å². The first-order valence-electron chi connectivity index (χ1n) is 5.55. The summed E-state index contributed by atoms with van der Waals surface area (Å²) >= 11 is 3.40. The molecule has 1 atom stereocenters. The Morgan fingerprint density at radius 3 is 2.31 bits per heavy atom. The van der Waals surface area contributed by atoms with Crippen LogP contribution in [0.3, 0.4) is 0 Å². The molecule has 0 spiro atoms. The molecular formula is C13H15BrO2. The van der Waals surface area contributed by atoms with Crippen molar-refractivity contribution in [1.82, 2.24) is 0 Å². The van der Waals surface area contributed by atoms with Crippen LogP contribution in [0.1, 0.15) is 31.7 Å². The van der Waals surface area contributed by atoms with Gasteiger partial charge in [0.05, 0.1) is 5.92 Å². The quantitative estimate of drug-likeness (QED) is 0.920. The van der Waals surface area contributed by atoms with Crippen molar-refractivity contribution < 1.29 is 9.90 Å². The molecule has 1 aliphatic rings. The predicted octanol–water partition coefficient (Wildman–Crippen LogP) is 3.59. The lowest BCUT2D eigenvalue weighted by molar-refractivity contribution is -0.145. The lowest BCUT2D eigenvalue weighted by Gasteiger charge is -2.45. The van der Waals surface area contributed by atoms with Crippen molar-refractivity contribution in [3.05, 3.63) is 34.3 Å². The van der Waals surface area contributed by atoms with Crippen molar-refractivity contribution in [3.63, 3.8) is 0 Å². The minimum Gasteiger partial charge on any atom is -0.481 e. The van der Waals surface area contributed by atoms with Gasteiger partial charge in [-0.2, -0.15) is 0 Å². The molecule has 1 aromatic rings. The first kappa shape index (κ1) is 11.6. The first-order valence-corrected chi connectivity index (χ1v) is 6.34. The number of benzene rings is 1. The number of rotatable bonds is 3. The maximum atomic E-state index is 11.2. The van der Waals surface area contributed by atoms with Gasteiger partial charge >= 0.3 is 5.97 Å². The fourth-order valence-electron chi connectivity index (χ4n) is 2.55. The van der Waals surface area contributed by atoms with Gasteiger partial charge in [-0.25, -0.2) is 0 Å². The van der Waals surface area contributed by atoms with E-state index in [-0.39, 0.29) is 11.3 Å². The summed E-state index contributed by atoms with van der Waals surface area (Å²) in [6.07, 6.45) is 3.11. The second-order valence-corrected chi connectivity index (χ2v) is 5.49. The average molecular weight is 283 g/mol. The molecular weight excluding hydrogens is 268 g/mol. The number of hydrogen-bond acceptors (Lipinski definition) is 1. The van der Waals surface area contributed by atoms with Gasteiger partial charge in [0, 0.05) is 9.89 Å². The molecule has 1 aromatic carbocycles. The molecule has 86 valence electrons. The van der Waals surface area contributed by atoms with Crippen molar-refractivity contribution in [3.8, 4) is 0 Å². The molecule has 0 heterocycles. The van der Waals surface area contributed by atoms with E-state index in [1.807, 2.05) is 31.2 Å². The molecule has 0 saturated heterocycles. The monoisotopic (exact) mass is 282 g/mol. The summed E-state index contributed by atoms with van der Waals surface area (Å²) in [7, 11) is 0. The van der Waals surface area contributed by atoms with E-state index in [9.17, 15) is 9.90 Å². The van der Waals surface area contributed by atoms with E-state index in [2.05, 4.69) is 15.9 Å². The van der Waals surface area contributed by atoms with Gasteiger partial charge in [0.2, 0.25) is 0 Å². The van der Waals surface area contributed by atoms with Crippen molar-refractivity contribution in [2.24, 2.45) is 5.92 Å². The standard InChI is InChI=1S/C13H15BrO2/c1-9(12(15)16)13(7-2-8-13)10-3-5-11(14)6-4-10/h3-6,9H,2,7-8H2,1H3,(H,15,16). The van der Waals surface area contributed by atoms with E-state index in [1.165, 1.54) is 0 Å². The number of carboxylic acid groups (broad SMARTS) is 1. The Morgan fingerprint density at radius 2 is 1.94 bits per heavy atom. The third kappa shape index (κ3) is 1.77. The van der Waals surface area contributed by atoms with Crippen LogP contribution in [0.25, 0.3) is 0 Å². The Hall–Kier alpha value is -0.830. The SMILES string of the molecule is CC(C(=O)O)C1(c2ccc(Br)cc2)CCC1. The van der Waals surface area contributed by atoms with Crippen molar-refractivity contribution >= 4 is 21.9 Å². The molecule has 0 radical (unpaired) electrons. The normalized spacial score (nSPS) is 19.9. The van der Waals surface area contributed by atoms with Gasteiger partial charge in [-0.1, -0.05) is 41.4 Å². The number of aliphatic carboxylic acids is 1. The van der Waals surface area contributed by atoms with Crippen LogP contribution in [-0.4, -0.2) is 11.1 Å². The Morgan fingerprint density at radius 1 is 1.38 bits per heavy atom. The van der Waals surface area contributed by atoms with Gasteiger partial charge < -0.3 is 5.11 Å².